The van der Waals surface area contributed by atoms with E-state index in [0.29, 0.717) is 0 Å². The van der Waals surface area contributed by atoms with Crippen LogP contribution < -0.4 is 11.1 Å². The van der Waals surface area contributed by atoms with Gasteiger partial charge in [-0.3, -0.25) is 14.5 Å². The zero-order valence-corrected chi connectivity index (χ0v) is 14.5. The first kappa shape index (κ1) is 17.9. The average Bonchev–Trinajstić information content (AvgIpc) is 2.53. The van der Waals surface area contributed by atoms with Gasteiger partial charge in [-0.2, -0.15) is 0 Å². The summed E-state index contributed by atoms with van der Waals surface area (Å²) in [5.74, 6) is -0.551. The summed E-state index contributed by atoms with van der Waals surface area (Å²) < 4.78 is 0. The second kappa shape index (κ2) is 7.93. The SMILES string of the molecule is CC(C)N(CC(N)=O)CC(=O)N[C@@H](C)c1ccc2ccccc2c1. The number of hydrogen-bond acceptors (Lipinski definition) is 3. The predicted octanol–water partition coefficient (Wildman–Crippen LogP) is 2.21. The summed E-state index contributed by atoms with van der Waals surface area (Å²) in [4.78, 5) is 25.1. The number of primary amides is 1. The number of carbonyl (C=O) groups is 2. The minimum Gasteiger partial charge on any atom is -0.369 e. The van der Waals surface area contributed by atoms with E-state index in [1.807, 2.05) is 39.0 Å². The molecule has 0 radical (unpaired) electrons. The van der Waals surface area contributed by atoms with Gasteiger partial charge in [-0.1, -0.05) is 36.4 Å². The third-order valence-electron chi connectivity index (χ3n) is 4.09. The molecule has 2 amide bonds. The summed E-state index contributed by atoms with van der Waals surface area (Å²) in [5.41, 5.74) is 6.29. The zero-order valence-electron chi connectivity index (χ0n) is 14.5. The van der Waals surface area contributed by atoms with Crippen LogP contribution in [-0.2, 0) is 9.59 Å². The first-order valence-corrected chi connectivity index (χ1v) is 8.17. The number of benzene rings is 2. The summed E-state index contributed by atoms with van der Waals surface area (Å²) in [5, 5.41) is 5.31. The van der Waals surface area contributed by atoms with Crippen LogP contribution in [0, 0.1) is 0 Å². The van der Waals surface area contributed by atoms with E-state index < -0.39 is 5.91 Å². The Hall–Kier alpha value is -2.40. The number of nitrogens with zero attached hydrogens (tertiary/aromatic N) is 1. The van der Waals surface area contributed by atoms with Gasteiger partial charge in [-0.05, 0) is 43.2 Å². The van der Waals surface area contributed by atoms with Crippen LogP contribution in [0.25, 0.3) is 10.8 Å². The van der Waals surface area contributed by atoms with Gasteiger partial charge in [0.1, 0.15) is 0 Å². The molecule has 2 aromatic rings. The van der Waals surface area contributed by atoms with Crippen LogP contribution in [0.3, 0.4) is 0 Å². The fourth-order valence-corrected chi connectivity index (χ4v) is 2.65. The average molecular weight is 327 g/mol. The van der Waals surface area contributed by atoms with Crippen LogP contribution >= 0.6 is 0 Å². The first-order chi connectivity index (χ1) is 11.4. The van der Waals surface area contributed by atoms with Crippen molar-refractivity contribution < 1.29 is 9.59 Å². The maximum Gasteiger partial charge on any atom is 0.234 e. The Bertz CT molecular complexity index is 727. The molecule has 5 heteroatoms. The van der Waals surface area contributed by atoms with Crippen LogP contribution in [0.1, 0.15) is 32.4 Å². The molecule has 0 bridgehead atoms. The largest absolute Gasteiger partial charge is 0.369 e. The van der Waals surface area contributed by atoms with Gasteiger partial charge in [-0.15, -0.1) is 0 Å². The van der Waals surface area contributed by atoms with E-state index in [4.69, 9.17) is 5.73 Å². The highest BCUT2D eigenvalue weighted by molar-refractivity contribution is 5.84. The van der Waals surface area contributed by atoms with Gasteiger partial charge in [0.15, 0.2) is 0 Å². The third-order valence-corrected chi connectivity index (χ3v) is 4.09. The molecule has 0 aromatic heterocycles. The molecule has 0 unspecified atom stereocenters. The van der Waals surface area contributed by atoms with Crippen LogP contribution in [0.2, 0.25) is 0 Å². The maximum atomic E-state index is 12.3. The molecule has 2 rings (SSSR count). The number of nitrogens with two attached hydrogens (primary N) is 1. The molecule has 0 fully saturated rings. The van der Waals surface area contributed by atoms with Crippen molar-refractivity contribution in [2.75, 3.05) is 13.1 Å². The lowest BCUT2D eigenvalue weighted by atomic mass is 10.0. The maximum absolute atomic E-state index is 12.3. The van der Waals surface area contributed by atoms with Crippen molar-refractivity contribution in [1.29, 1.82) is 0 Å². The highest BCUT2D eigenvalue weighted by Crippen LogP contribution is 2.20. The molecule has 0 saturated heterocycles. The molecule has 0 aliphatic heterocycles. The van der Waals surface area contributed by atoms with Crippen LogP contribution in [0.15, 0.2) is 42.5 Å². The first-order valence-electron chi connectivity index (χ1n) is 8.17. The molecule has 2 aromatic carbocycles. The lowest BCUT2D eigenvalue weighted by Crippen LogP contribution is -2.45. The highest BCUT2D eigenvalue weighted by atomic mass is 16.2. The van der Waals surface area contributed by atoms with Gasteiger partial charge in [0.2, 0.25) is 11.8 Å². The molecule has 24 heavy (non-hydrogen) atoms. The highest BCUT2D eigenvalue weighted by Gasteiger charge is 2.17. The number of hydrogen-bond donors (Lipinski definition) is 2. The molecule has 3 N–H and O–H groups in total. The second-order valence-corrected chi connectivity index (χ2v) is 6.36. The predicted molar refractivity (Wildman–Crippen MR) is 96.4 cm³/mol. The monoisotopic (exact) mass is 327 g/mol. The summed E-state index contributed by atoms with van der Waals surface area (Å²) in [7, 11) is 0. The minimum absolute atomic E-state index is 0.0687. The number of rotatable bonds is 7. The molecule has 0 aliphatic carbocycles. The normalized spacial score (nSPS) is 12.5. The fraction of sp³-hybridized carbons (Fsp3) is 0.368. The molecule has 0 spiro atoms. The van der Waals surface area contributed by atoms with Crippen molar-refractivity contribution in [2.24, 2.45) is 5.73 Å². The van der Waals surface area contributed by atoms with Gasteiger partial charge >= 0.3 is 0 Å². The molecule has 0 aliphatic rings. The lowest BCUT2D eigenvalue weighted by Gasteiger charge is -2.25. The molecule has 128 valence electrons. The van der Waals surface area contributed by atoms with Crippen molar-refractivity contribution >= 4 is 22.6 Å². The Morgan fingerprint density at radius 1 is 1.04 bits per heavy atom. The smallest absolute Gasteiger partial charge is 0.234 e. The Kier molecular flexibility index (Phi) is 5.93. The Labute approximate surface area is 142 Å². The third kappa shape index (κ3) is 4.80. The molecular weight excluding hydrogens is 302 g/mol. The summed E-state index contributed by atoms with van der Waals surface area (Å²) in [6.07, 6.45) is 0. The number of nitrogens with one attached hydrogen (secondary N) is 1. The van der Waals surface area contributed by atoms with Gasteiger partial charge in [0.25, 0.3) is 0 Å². The fourth-order valence-electron chi connectivity index (χ4n) is 2.65. The zero-order chi connectivity index (χ0) is 17.7. The van der Waals surface area contributed by atoms with Crippen LogP contribution in [0.4, 0.5) is 0 Å². The Balaban J connectivity index is 2.02. The van der Waals surface area contributed by atoms with E-state index in [1.165, 1.54) is 5.39 Å². The summed E-state index contributed by atoms with van der Waals surface area (Å²) in [6.45, 7) is 6.05. The van der Waals surface area contributed by atoms with Gasteiger partial charge < -0.3 is 11.1 Å². The van der Waals surface area contributed by atoms with Crippen LogP contribution in [-0.4, -0.2) is 35.8 Å². The molecule has 0 saturated carbocycles. The topological polar surface area (TPSA) is 75.4 Å². The standard InChI is InChI=1S/C19H25N3O2/c1-13(2)22(11-18(20)23)12-19(24)21-14(3)16-9-8-15-6-4-5-7-17(15)10-16/h4-10,13-14H,11-12H2,1-3H3,(H2,20,23)(H,21,24)/t14-/m0/s1. The van der Waals surface area contributed by atoms with E-state index in [0.717, 1.165) is 10.9 Å². The van der Waals surface area contributed by atoms with Crippen LogP contribution in [0.5, 0.6) is 0 Å². The lowest BCUT2D eigenvalue weighted by molar-refractivity contribution is -0.125. The Morgan fingerprint density at radius 2 is 1.71 bits per heavy atom. The quantitative estimate of drug-likeness (QED) is 0.819. The number of amides is 2. The van der Waals surface area contributed by atoms with E-state index in [9.17, 15) is 9.59 Å². The molecule has 1 atom stereocenters. The number of carbonyl (C=O) groups excluding carboxylic acids is 2. The Morgan fingerprint density at radius 3 is 2.33 bits per heavy atom. The minimum atomic E-state index is -0.431. The van der Waals surface area contributed by atoms with Crippen molar-refractivity contribution in [3.8, 4) is 0 Å². The van der Waals surface area contributed by atoms with Crippen molar-refractivity contribution in [3.63, 3.8) is 0 Å². The van der Waals surface area contributed by atoms with Crippen molar-refractivity contribution in [2.45, 2.75) is 32.9 Å². The van der Waals surface area contributed by atoms with Gasteiger partial charge in [0.05, 0.1) is 19.1 Å². The van der Waals surface area contributed by atoms with E-state index in [1.54, 1.807) is 4.90 Å². The molecular formula is C19H25N3O2. The van der Waals surface area contributed by atoms with Gasteiger partial charge in [0, 0.05) is 6.04 Å². The van der Waals surface area contributed by atoms with E-state index >= 15 is 0 Å². The summed E-state index contributed by atoms with van der Waals surface area (Å²) in [6, 6.07) is 14.3. The summed E-state index contributed by atoms with van der Waals surface area (Å²) >= 11 is 0. The van der Waals surface area contributed by atoms with E-state index in [2.05, 4.69) is 29.6 Å². The van der Waals surface area contributed by atoms with Gasteiger partial charge in [-0.25, -0.2) is 0 Å². The van der Waals surface area contributed by atoms with E-state index in [-0.39, 0.29) is 31.1 Å². The molecule has 0 heterocycles. The van der Waals surface area contributed by atoms with Crippen molar-refractivity contribution in [3.05, 3.63) is 48.0 Å². The number of fused-ring (bicyclic) bond motifs is 1. The van der Waals surface area contributed by atoms with Crippen molar-refractivity contribution in [1.82, 2.24) is 10.2 Å². The molecule has 5 nitrogen and oxygen atoms in total. The second-order valence-electron chi connectivity index (χ2n) is 6.36.